The average Bonchev–Trinajstić information content (AvgIpc) is 2.46. The van der Waals surface area contributed by atoms with Gasteiger partial charge in [0.2, 0.25) is 17.8 Å². The smallest absolute Gasteiger partial charge is 0.258 e. The number of carbonyl (C=O) groups is 2. The summed E-state index contributed by atoms with van der Waals surface area (Å²) in [6.07, 6.45) is -0.154. The number of primary amides is 1. The highest BCUT2D eigenvalue weighted by Gasteiger charge is 2.33. The van der Waals surface area contributed by atoms with Gasteiger partial charge < -0.3 is 16.4 Å². The number of nitrogens with one attached hydrogen (secondary N) is 3. The van der Waals surface area contributed by atoms with E-state index >= 15 is 0 Å². The molecule has 0 saturated carbocycles. The molecule has 0 aliphatic carbocycles. The number of aromatic nitrogens is 2. The van der Waals surface area contributed by atoms with Crippen LogP contribution in [0.15, 0.2) is 35.1 Å². The molecule has 1 atom stereocenters. The molecule has 0 fully saturated rings. The van der Waals surface area contributed by atoms with Crippen LogP contribution < -0.4 is 21.9 Å². The molecule has 2 aromatic rings. The summed E-state index contributed by atoms with van der Waals surface area (Å²) in [5, 5.41) is 5.41. The number of para-hydroxylation sites is 1. The highest BCUT2D eigenvalue weighted by Crippen LogP contribution is 2.28. The van der Waals surface area contributed by atoms with E-state index in [-0.39, 0.29) is 23.8 Å². The van der Waals surface area contributed by atoms with Gasteiger partial charge in [0, 0.05) is 12.1 Å². The lowest BCUT2D eigenvalue weighted by atomic mass is 9.93. The van der Waals surface area contributed by atoms with Crippen molar-refractivity contribution in [3.8, 4) is 0 Å². The van der Waals surface area contributed by atoms with Crippen molar-refractivity contribution in [1.29, 1.82) is 0 Å². The zero-order valence-corrected chi connectivity index (χ0v) is 11.4. The van der Waals surface area contributed by atoms with Gasteiger partial charge in [-0.05, 0) is 12.1 Å². The molecule has 112 valence electrons. The quantitative estimate of drug-likeness (QED) is 0.652. The number of benzene rings is 1. The highest BCUT2D eigenvalue weighted by molar-refractivity contribution is 5.99. The van der Waals surface area contributed by atoms with Crippen LogP contribution >= 0.6 is 0 Å². The number of fused-ring (bicyclic) bond motifs is 1. The van der Waals surface area contributed by atoms with Crippen LogP contribution in [0, 0.1) is 0 Å². The Hall–Kier alpha value is -3.16. The molecule has 8 nitrogen and oxygen atoms in total. The molecule has 0 saturated heterocycles. The highest BCUT2D eigenvalue weighted by atomic mass is 16.2. The molecule has 2 amide bonds. The lowest BCUT2D eigenvalue weighted by molar-refractivity contribution is -0.124. The minimum atomic E-state index is -0.967. The topological polar surface area (TPSA) is 130 Å². The summed E-state index contributed by atoms with van der Waals surface area (Å²) >= 11 is 0. The zero-order valence-electron chi connectivity index (χ0n) is 11.4. The van der Waals surface area contributed by atoms with Gasteiger partial charge >= 0.3 is 0 Å². The third kappa shape index (κ3) is 2.53. The number of anilines is 3. The van der Waals surface area contributed by atoms with Gasteiger partial charge in [-0.3, -0.25) is 19.4 Å². The Morgan fingerprint density at radius 2 is 2.00 bits per heavy atom. The van der Waals surface area contributed by atoms with Gasteiger partial charge in [-0.25, -0.2) is 0 Å². The monoisotopic (exact) mass is 299 g/mol. The van der Waals surface area contributed by atoms with E-state index in [9.17, 15) is 14.4 Å². The largest absolute Gasteiger partial charge is 0.369 e. The summed E-state index contributed by atoms with van der Waals surface area (Å²) < 4.78 is 0. The summed E-state index contributed by atoms with van der Waals surface area (Å²) in [6.45, 7) is 0. The van der Waals surface area contributed by atoms with E-state index in [2.05, 4.69) is 20.6 Å². The standard InChI is InChI=1S/C14H13N5O3/c15-11(21)8-6-9(20)17-12-10(8)13(22)19-14(18-12)16-7-4-2-1-3-5-7/h1-5,8H,6H2,(H2,15,21)(H3,16,17,18,19,20,22). The first-order valence-corrected chi connectivity index (χ1v) is 6.60. The fourth-order valence-corrected chi connectivity index (χ4v) is 2.33. The fourth-order valence-electron chi connectivity index (χ4n) is 2.33. The SMILES string of the molecule is NC(=O)C1CC(=O)Nc2nc(Nc3ccccc3)[nH]c(=O)c21. The molecule has 1 aliphatic heterocycles. The first-order valence-electron chi connectivity index (χ1n) is 6.60. The van der Waals surface area contributed by atoms with Crippen molar-refractivity contribution in [1.82, 2.24) is 9.97 Å². The van der Waals surface area contributed by atoms with Crippen LogP contribution in [0.25, 0.3) is 0 Å². The van der Waals surface area contributed by atoms with Crippen molar-refractivity contribution >= 4 is 29.3 Å². The number of rotatable bonds is 3. The minimum absolute atomic E-state index is 0.0576. The maximum atomic E-state index is 12.2. The van der Waals surface area contributed by atoms with Crippen LogP contribution in [-0.4, -0.2) is 21.8 Å². The predicted octanol–water partition coefficient (Wildman–Crippen LogP) is 0.425. The molecule has 5 N–H and O–H groups in total. The maximum absolute atomic E-state index is 12.2. The zero-order chi connectivity index (χ0) is 15.7. The maximum Gasteiger partial charge on any atom is 0.258 e. The first-order chi connectivity index (χ1) is 10.5. The molecule has 3 rings (SSSR count). The number of nitrogens with two attached hydrogens (primary N) is 1. The van der Waals surface area contributed by atoms with E-state index in [1.807, 2.05) is 18.2 Å². The summed E-state index contributed by atoms with van der Waals surface area (Å²) in [5.41, 5.74) is 5.56. The Morgan fingerprint density at radius 1 is 1.27 bits per heavy atom. The number of nitrogens with zero attached hydrogens (tertiary/aromatic N) is 1. The molecule has 8 heteroatoms. The first kappa shape index (κ1) is 13.8. The Morgan fingerprint density at radius 3 is 2.68 bits per heavy atom. The minimum Gasteiger partial charge on any atom is -0.369 e. The van der Waals surface area contributed by atoms with Crippen LogP contribution in [-0.2, 0) is 9.59 Å². The number of amides is 2. The molecule has 2 heterocycles. The van der Waals surface area contributed by atoms with Crippen molar-refractivity contribution in [2.75, 3.05) is 10.6 Å². The van der Waals surface area contributed by atoms with E-state index in [4.69, 9.17) is 5.73 Å². The van der Waals surface area contributed by atoms with Crippen molar-refractivity contribution in [3.63, 3.8) is 0 Å². The summed E-state index contributed by atoms with van der Waals surface area (Å²) in [6, 6.07) is 9.09. The van der Waals surface area contributed by atoms with Crippen LogP contribution in [0.4, 0.5) is 17.5 Å². The molecule has 22 heavy (non-hydrogen) atoms. The molecule has 1 unspecified atom stereocenters. The van der Waals surface area contributed by atoms with E-state index in [1.165, 1.54) is 0 Å². The number of carbonyl (C=O) groups excluding carboxylic acids is 2. The molecule has 1 aliphatic rings. The Kier molecular flexibility index (Phi) is 3.34. The van der Waals surface area contributed by atoms with Crippen LogP contribution in [0.2, 0.25) is 0 Å². The van der Waals surface area contributed by atoms with E-state index in [1.54, 1.807) is 12.1 Å². The van der Waals surface area contributed by atoms with E-state index < -0.39 is 23.3 Å². The second kappa shape index (κ2) is 5.32. The molecule has 0 spiro atoms. The van der Waals surface area contributed by atoms with Gasteiger partial charge in [-0.15, -0.1) is 0 Å². The molecule has 0 radical (unpaired) electrons. The Balaban J connectivity index is 2.02. The van der Waals surface area contributed by atoms with E-state index in [0.29, 0.717) is 0 Å². The van der Waals surface area contributed by atoms with Crippen molar-refractivity contribution < 1.29 is 9.59 Å². The van der Waals surface area contributed by atoms with Crippen LogP contribution in [0.3, 0.4) is 0 Å². The van der Waals surface area contributed by atoms with Crippen LogP contribution in [0.1, 0.15) is 17.9 Å². The van der Waals surface area contributed by atoms with Gasteiger partial charge in [0.25, 0.3) is 5.56 Å². The lowest BCUT2D eigenvalue weighted by Crippen LogP contribution is -2.36. The van der Waals surface area contributed by atoms with Crippen molar-refractivity contribution in [2.45, 2.75) is 12.3 Å². The lowest BCUT2D eigenvalue weighted by Gasteiger charge is -2.21. The number of hydrogen-bond acceptors (Lipinski definition) is 5. The molecular formula is C14H13N5O3. The van der Waals surface area contributed by atoms with Gasteiger partial charge in [0.1, 0.15) is 5.82 Å². The second-order valence-electron chi connectivity index (χ2n) is 4.88. The van der Waals surface area contributed by atoms with Crippen LogP contribution in [0.5, 0.6) is 0 Å². The third-order valence-electron chi connectivity index (χ3n) is 3.33. The number of H-pyrrole nitrogens is 1. The van der Waals surface area contributed by atoms with Gasteiger partial charge in [0.05, 0.1) is 11.5 Å². The summed E-state index contributed by atoms with van der Waals surface area (Å²) in [5.74, 6) is -1.87. The number of aromatic amines is 1. The average molecular weight is 299 g/mol. The summed E-state index contributed by atoms with van der Waals surface area (Å²) in [4.78, 5) is 42.0. The van der Waals surface area contributed by atoms with Gasteiger partial charge in [-0.2, -0.15) is 4.98 Å². The predicted molar refractivity (Wildman–Crippen MR) is 79.8 cm³/mol. The summed E-state index contributed by atoms with van der Waals surface area (Å²) in [7, 11) is 0. The molecule has 0 bridgehead atoms. The second-order valence-corrected chi connectivity index (χ2v) is 4.88. The number of hydrogen-bond donors (Lipinski definition) is 4. The molecule has 1 aromatic heterocycles. The van der Waals surface area contributed by atoms with Crippen molar-refractivity contribution in [3.05, 3.63) is 46.2 Å². The van der Waals surface area contributed by atoms with E-state index in [0.717, 1.165) is 5.69 Å². The Labute approximate surface area is 124 Å². The molecular weight excluding hydrogens is 286 g/mol. The fraction of sp³-hybridized carbons (Fsp3) is 0.143. The van der Waals surface area contributed by atoms with Gasteiger partial charge in [-0.1, -0.05) is 18.2 Å². The third-order valence-corrected chi connectivity index (χ3v) is 3.33. The normalized spacial score (nSPS) is 16.5. The Bertz CT molecular complexity index is 800. The molecule has 1 aromatic carbocycles. The van der Waals surface area contributed by atoms with Gasteiger partial charge in [0.15, 0.2) is 0 Å². The van der Waals surface area contributed by atoms with Crippen molar-refractivity contribution in [2.24, 2.45) is 5.73 Å².